The molecule has 0 bridgehead atoms. The number of hydrogen-bond acceptors (Lipinski definition) is 6. The fourth-order valence-corrected chi connectivity index (χ4v) is 0.873. The van der Waals surface area contributed by atoms with Gasteiger partial charge in [0, 0.05) is 13.5 Å². The van der Waals surface area contributed by atoms with Crippen molar-refractivity contribution in [3.63, 3.8) is 0 Å². The van der Waals surface area contributed by atoms with Crippen molar-refractivity contribution in [2.45, 2.75) is 6.42 Å². The molecule has 0 saturated carbocycles. The van der Waals surface area contributed by atoms with Crippen LogP contribution in [0, 0.1) is 0 Å². The minimum atomic E-state index is 0.242. The molecule has 0 amide bonds. The van der Waals surface area contributed by atoms with Gasteiger partial charge in [-0.15, -0.1) is 0 Å². The van der Waals surface area contributed by atoms with Crippen molar-refractivity contribution in [2.75, 3.05) is 32.7 Å². The average molecular weight is 198 g/mol. The molecule has 0 unspecified atom stereocenters. The minimum Gasteiger partial charge on any atom is -0.382 e. The van der Waals surface area contributed by atoms with Crippen molar-refractivity contribution < 1.29 is 9.47 Å². The first kappa shape index (κ1) is 10.8. The van der Waals surface area contributed by atoms with Crippen LogP contribution in [0.25, 0.3) is 0 Å². The molecule has 14 heavy (non-hydrogen) atoms. The number of anilines is 1. The molecular weight excluding hydrogens is 184 g/mol. The van der Waals surface area contributed by atoms with Crippen molar-refractivity contribution in [3.05, 3.63) is 12.2 Å². The molecule has 1 heterocycles. The van der Waals surface area contributed by atoms with E-state index in [1.54, 1.807) is 7.11 Å². The summed E-state index contributed by atoms with van der Waals surface area (Å²) in [5, 5.41) is 0. The molecule has 1 aromatic rings. The average Bonchev–Trinajstić information content (AvgIpc) is 2.18. The molecule has 0 radical (unpaired) electrons. The van der Waals surface area contributed by atoms with Gasteiger partial charge in [0.05, 0.1) is 19.8 Å². The normalized spacial score (nSPS) is 10.4. The molecule has 0 atom stereocenters. The monoisotopic (exact) mass is 198 g/mol. The summed E-state index contributed by atoms with van der Waals surface area (Å²) in [5.74, 6) is 0.891. The maximum Gasteiger partial charge on any atom is 0.223 e. The first-order valence-electron chi connectivity index (χ1n) is 4.33. The molecule has 78 valence electrons. The fourth-order valence-electron chi connectivity index (χ4n) is 0.873. The molecule has 1 aromatic heterocycles. The lowest BCUT2D eigenvalue weighted by atomic mass is 10.4. The predicted octanol–water partition coefficient (Wildman–Crippen LogP) is -0.341. The van der Waals surface area contributed by atoms with Gasteiger partial charge in [-0.1, -0.05) is 0 Å². The van der Waals surface area contributed by atoms with Gasteiger partial charge in [-0.3, -0.25) is 0 Å². The van der Waals surface area contributed by atoms with Crippen LogP contribution >= 0.6 is 0 Å². The number of hydrogen-bond donors (Lipinski definition) is 1. The van der Waals surface area contributed by atoms with Gasteiger partial charge < -0.3 is 15.2 Å². The Labute approximate surface area is 82.5 Å². The lowest BCUT2D eigenvalue weighted by Crippen LogP contribution is -2.08. The Morgan fingerprint density at radius 2 is 2.14 bits per heavy atom. The van der Waals surface area contributed by atoms with Gasteiger partial charge in [0.1, 0.15) is 12.2 Å². The first-order chi connectivity index (χ1) is 6.83. The number of nitrogen functional groups attached to an aromatic ring is 1. The highest BCUT2D eigenvalue weighted by atomic mass is 16.5. The molecule has 0 spiro atoms. The molecule has 0 aliphatic carbocycles. The second-order valence-electron chi connectivity index (χ2n) is 2.62. The summed E-state index contributed by atoms with van der Waals surface area (Å²) in [6.45, 7) is 1.74. The first-order valence-corrected chi connectivity index (χ1v) is 4.33. The number of nitrogens with two attached hydrogens (primary N) is 1. The summed E-state index contributed by atoms with van der Waals surface area (Å²) in [5.41, 5.74) is 5.39. The van der Waals surface area contributed by atoms with E-state index in [4.69, 9.17) is 15.2 Å². The van der Waals surface area contributed by atoms with Gasteiger partial charge in [0.25, 0.3) is 0 Å². The summed E-state index contributed by atoms with van der Waals surface area (Å²) in [4.78, 5) is 11.6. The van der Waals surface area contributed by atoms with Gasteiger partial charge in [0.2, 0.25) is 5.95 Å². The zero-order valence-electron chi connectivity index (χ0n) is 8.14. The summed E-state index contributed by atoms with van der Waals surface area (Å²) in [6.07, 6.45) is 2.03. The summed E-state index contributed by atoms with van der Waals surface area (Å²) in [7, 11) is 1.63. The van der Waals surface area contributed by atoms with Crippen molar-refractivity contribution in [1.29, 1.82) is 0 Å². The second-order valence-corrected chi connectivity index (χ2v) is 2.62. The molecule has 0 aliphatic rings. The molecule has 6 heteroatoms. The number of methoxy groups -OCH3 is 1. The predicted molar refractivity (Wildman–Crippen MR) is 50.6 cm³/mol. The van der Waals surface area contributed by atoms with E-state index in [1.165, 1.54) is 6.33 Å². The maximum atomic E-state index is 5.39. The number of aromatic nitrogens is 3. The van der Waals surface area contributed by atoms with Crippen LogP contribution in [0.5, 0.6) is 0 Å². The Bertz CT molecular complexity index is 269. The van der Waals surface area contributed by atoms with E-state index >= 15 is 0 Å². The topological polar surface area (TPSA) is 83.2 Å². The summed E-state index contributed by atoms with van der Waals surface area (Å²) in [6, 6.07) is 0. The zero-order chi connectivity index (χ0) is 10.2. The van der Waals surface area contributed by atoms with Crippen LogP contribution in [0.1, 0.15) is 5.82 Å². The lowest BCUT2D eigenvalue weighted by molar-refractivity contribution is 0.0716. The van der Waals surface area contributed by atoms with E-state index in [9.17, 15) is 0 Å². The van der Waals surface area contributed by atoms with Crippen molar-refractivity contribution >= 4 is 5.95 Å². The lowest BCUT2D eigenvalue weighted by Gasteiger charge is -2.02. The van der Waals surface area contributed by atoms with E-state index in [0.29, 0.717) is 32.1 Å². The Kier molecular flexibility index (Phi) is 4.81. The maximum absolute atomic E-state index is 5.39. The largest absolute Gasteiger partial charge is 0.382 e. The van der Waals surface area contributed by atoms with Gasteiger partial charge in [0.15, 0.2) is 0 Å². The van der Waals surface area contributed by atoms with Gasteiger partial charge in [-0.2, -0.15) is 4.98 Å². The second kappa shape index (κ2) is 6.22. The zero-order valence-corrected chi connectivity index (χ0v) is 8.14. The molecule has 0 aromatic carbocycles. The van der Waals surface area contributed by atoms with Crippen LogP contribution < -0.4 is 5.73 Å². The summed E-state index contributed by atoms with van der Waals surface area (Å²) >= 11 is 0. The van der Waals surface area contributed by atoms with Crippen LogP contribution in [0.3, 0.4) is 0 Å². The van der Waals surface area contributed by atoms with E-state index < -0.39 is 0 Å². The quantitative estimate of drug-likeness (QED) is 0.629. The van der Waals surface area contributed by atoms with Crippen molar-refractivity contribution in [2.24, 2.45) is 0 Å². The van der Waals surface area contributed by atoms with Gasteiger partial charge in [-0.05, 0) is 0 Å². The SMILES string of the molecule is COCCOCCc1ncnc(N)n1. The molecular formula is C8H14N4O2. The Hall–Kier alpha value is -1.27. The molecule has 2 N–H and O–H groups in total. The number of rotatable bonds is 6. The molecule has 0 fully saturated rings. The van der Waals surface area contributed by atoms with E-state index in [2.05, 4.69) is 15.0 Å². The van der Waals surface area contributed by atoms with E-state index in [0.717, 1.165) is 0 Å². The third kappa shape index (κ3) is 4.11. The van der Waals surface area contributed by atoms with Crippen LogP contribution in [-0.4, -0.2) is 41.9 Å². The van der Waals surface area contributed by atoms with Crippen LogP contribution in [0.4, 0.5) is 5.95 Å². The number of nitrogens with zero attached hydrogens (tertiary/aromatic N) is 3. The fraction of sp³-hybridized carbons (Fsp3) is 0.625. The van der Waals surface area contributed by atoms with Crippen molar-refractivity contribution in [1.82, 2.24) is 15.0 Å². The molecule has 0 saturated heterocycles. The Morgan fingerprint density at radius 3 is 2.86 bits per heavy atom. The van der Waals surface area contributed by atoms with Crippen LogP contribution in [0.2, 0.25) is 0 Å². The van der Waals surface area contributed by atoms with Gasteiger partial charge >= 0.3 is 0 Å². The standard InChI is InChI=1S/C8H14N4O2/c1-13-4-5-14-3-2-7-10-6-11-8(9)12-7/h6H,2-5H2,1H3,(H2,9,10,11,12). The van der Waals surface area contributed by atoms with Crippen LogP contribution in [-0.2, 0) is 15.9 Å². The highest BCUT2D eigenvalue weighted by molar-refractivity contribution is 5.12. The third-order valence-electron chi connectivity index (χ3n) is 1.54. The Morgan fingerprint density at radius 1 is 1.29 bits per heavy atom. The third-order valence-corrected chi connectivity index (χ3v) is 1.54. The highest BCUT2D eigenvalue weighted by Crippen LogP contribution is 1.93. The van der Waals surface area contributed by atoms with Crippen molar-refractivity contribution in [3.8, 4) is 0 Å². The summed E-state index contributed by atoms with van der Waals surface area (Å²) < 4.78 is 10.1. The Balaban J connectivity index is 2.18. The van der Waals surface area contributed by atoms with E-state index in [1.807, 2.05) is 0 Å². The van der Waals surface area contributed by atoms with Gasteiger partial charge in [-0.25, -0.2) is 9.97 Å². The molecule has 1 rings (SSSR count). The highest BCUT2D eigenvalue weighted by Gasteiger charge is 1.97. The van der Waals surface area contributed by atoms with Crippen LogP contribution in [0.15, 0.2) is 6.33 Å². The smallest absolute Gasteiger partial charge is 0.223 e. The minimum absolute atomic E-state index is 0.242. The number of ether oxygens (including phenoxy) is 2. The molecule has 6 nitrogen and oxygen atoms in total. The van der Waals surface area contributed by atoms with E-state index in [-0.39, 0.29) is 5.95 Å². The molecule has 0 aliphatic heterocycles.